The second kappa shape index (κ2) is 9.66. The average Bonchev–Trinajstić information content (AvgIpc) is 2.49. The van der Waals surface area contributed by atoms with Crippen LogP contribution in [0.2, 0.25) is 0 Å². The van der Waals surface area contributed by atoms with Gasteiger partial charge in [0.25, 0.3) is 0 Å². The van der Waals surface area contributed by atoms with Crippen molar-refractivity contribution in [2.24, 2.45) is 4.99 Å². The molecule has 0 fully saturated rings. The van der Waals surface area contributed by atoms with Crippen molar-refractivity contribution < 1.29 is 13.9 Å². The summed E-state index contributed by atoms with van der Waals surface area (Å²) in [7, 11) is 3.38. The standard InChI is InChI=1S/C16H25FN4O2/c1-5-18-16(20-11-15(22)21(3)4)19-10-12(2)23-14-8-6-7-13(17)9-14/h6-9,12H,5,10-11H2,1-4H3,(H2,18,19,20). The number of hydrogen-bond donors (Lipinski definition) is 2. The van der Waals surface area contributed by atoms with Gasteiger partial charge in [-0.05, 0) is 26.0 Å². The maximum absolute atomic E-state index is 13.1. The number of benzene rings is 1. The second-order valence-corrected chi connectivity index (χ2v) is 5.25. The SMILES string of the molecule is CCNC(=NCC(=O)N(C)C)NCC(C)Oc1cccc(F)c1. The quantitative estimate of drug-likeness (QED) is 0.585. The number of nitrogens with one attached hydrogen (secondary N) is 2. The lowest BCUT2D eigenvalue weighted by Gasteiger charge is -2.18. The van der Waals surface area contributed by atoms with Crippen molar-refractivity contribution in [3.05, 3.63) is 30.1 Å². The Bertz CT molecular complexity index is 535. The van der Waals surface area contributed by atoms with Crippen LogP contribution in [0.5, 0.6) is 5.75 Å². The number of hydrogen-bond acceptors (Lipinski definition) is 3. The Morgan fingerprint density at radius 2 is 2.13 bits per heavy atom. The zero-order valence-electron chi connectivity index (χ0n) is 14.1. The van der Waals surface area contributed by atoms with Crippen LogP contribution in [0.1, 0.15) is 13.8 Å². The Morgan fingerprint density at radius 1 is 1.39 bits per heavy atom. The van der Waals surface area contributed by atoms with Crippen LogP contribution in [0.25, 0.3) is 0 Å². The van der Waals surface area contributed by atoms with Crippen LogP contribution in [0.4, 0.5) is 4.39 Å². The zero-order valence-corrected chi connectivity index (χ0v) is 14.1. The van der Waals surface area contributed by atoms with Gasteiger partial charge in [0.15, 0.2) is 5.96 Å². The molecule has 1 amide bonds. The number of likely N-dealkylation sites (N-methyl/N-ethyl adjacent to an activating group) is 1. The molecule has 0 aromatic heterocycles. The minimum absolute atomic E-state index is 0.0709. The average molecular weight is 324 g/mol. The largest absolute Gasteiger partial charge is 0.489 e. The van der Waals surface area contributed by atoms with Gasteiger partial charge < -0.3 is 20.3 Å². The predicted molar refractivity (Wildman–Crippen MR) is 89.2 cm³/mol. The maximum Gasteiger partial charge on any atom is 0.243 e. The molecule has 0 heterocycles. The molecule has 1 atom stereocenters. The monoisotopic (exact) mass is 324 g/mol. The van der Waals surface area contributed by atoms with E-state index >= 15 is 0 Å². The van der Waals surface area contributed by atoms with E-state index in [-0.39, 0.29) is 24.4 Å². The van der Waals surface area contributed by atoms with E-state index in [0.717, 1.165) is 0 Å². The number of nitrogens with zero attached hydrogens (tertiary/aromatic N) is 2. The highest BCUT2D eigenvalue weighted by atomic mass is 19.1. The number of ether oxygens (including phenoxy) is 1. The molecule has 6 nitrogen and oxygen atoms in total. The van der Waals surface area contributed by atoms with Gasteiger partial charge in [0.1, 0.15) is 24.2 Å². The Labute approximate surface area is 136 Å². The molecule has 0 saturated heterocycles. The van der Waals surface area contributed by atoms with Crippen LogP contribution in [-0.4, -0.2) is 56.6 Å². The number of aliphatic imine (C=N–C) groups is 1. The van der Waals surface area contributed by atoms with Gasteiger partial charge in [0.05, 0.1) is 6.54 Å². The van der Waals surface area contributed by atoms with Crippen molar-refractivity contribution in [1.82, 2.24) is 15.5 Å². The van der Waals surface area contributed by atoms with E-state index in [2.05, 4.69) is 15.6 Å². The van der Waals surface area contributed by atoms with Gasteiger partial charge in [0, 0.05) is 26.7 Å². The molecule has 0 radical (unpaired) electrons. The Kier molecular flexibility index (Phi) is 7.87. The fraction of sp³-hybridized carbons (Fsp3) is 0.500. The van der Waals surface area contributed by atoms with Crippen molar-refractivity contribution >= 4 is 11.9 Å². The first-order valence-corrected chi connectivity index (χ1v) is 7.57. The summed E-state index contributed by atoms with van der Waals surface area (Å²) in [5.74, 6) is 0.604. The van der Waals surface area contributed by atoms with E-state index in [1.165, 1.54) is 17.0 Å². The molecule has 7 heteroatoms. The first-order chi connectivity index (χ1) is 10.9. The fourth-order valence-corrected chi connectivity index (χ4v) is 1.68. The van der Waals surface area contributed by atoms with E-state index in [1.54, 1.807) is 26.2 Å². The topological polar surface area (TPSA) is 66.0 Å². The van der Waals surface area contributed by atoms with Gasteiger partial charge in [0.2, 0.25) is 5.91 Å². The summed E-state index contributed by atoms with van der Waals surface area (Å²) in [5.41, 5.74) is 0. The molecular weight excluding hydrogens is 299 g/mol. The lowest BCUT2D eigenvalue weighted by atomic mass is 10.3. The van der Waals surface area contributed by atoms with Crippen molar-refractivity contribution in [3.63, 3.8) is 0 Å². The van der Waals surface area contributed by atoms with Gasteiger partial charge in [-0.3, -0.25) is 4.79 Å². The number of amides is 1. The van der Waals surface area contributed by atoms with Crippen LogP contribution in [0.3, 0.4) is 0 Å². The van der Waals surface area contributed by atoms with E-state index in [4.69, 9.17) is 4.74 Å². The van der Waals surface area contributed by atoms with Crippen molar-refractivity contribution in [2.45, 2.75) is 20.0 Å². The van der Waals surface area contributed by atoms with E-state index in [0.29, 0.717) is 24.8 Å². The Hall–Kier alpha value is -2.31. The van der Waals surface area contributed by atoms with Crippen LogP contribution < -0.4 is 15.4 Å². The summed E-state index contributed by atoms with van der Waals surface area (Å²) in [6.45, 7) is 5.03. The summed E-state index contributed by atoms with van der Waals surface area (Å²) < 4.78 is 18.7. The fourth-order valence-electron chi connectivity index (χ4n) is 1.68. The molecule has 1 aromatic rings. The number of halogens is 1. The predicted octanol–water partition coefficient (Wildman–Crippen LogP) is 1.24. The first kappa shape index (κ1) is 18.7. The lowest BCUT2D eigenvalue weighted by Crippen LogP contribution is -2.42. The molecule has 1 aromatic carbocycles. The summed E-state index contributed by atoms with van der Waals surface area (Å²) in [4.78, 5) is 17.3. The molecule has 0 saturated carbocycles. The molecule has 0 spiro atoms. The third-order valence-corrected chi connectivity index (χ3v) is 2.91. The van der Waals surface area contributed by atoms with E-state index in [9.17, 15) is 9.18 Å². The highest BCUT2D eigenvalue weighted by molar-refractivity contribution is 5.84. The van der Waals surface area contributed by atoms with E-state index < -0.39 is 0 Å². The zero-order chi connectivity index (χ0) is 17.2. The molecular formula is C16H25FN4O2. The molecule has 0 aliphatic rings. The highest BCUT2D eigenvalue weighted by Gasteiger charge is 2.08. The lowest BCUT2D eigenvalue weighted by molar-refractivity contribution is -0.127. The van der Waals surface area contributed by atoms with Crippen LogP contribution in [0, 0.1) is 5.82 Å². The third-order valence-electron chi connectivity index (χ3n) is 2.91. The van der Waals surface area contributed by atoms with Crippen molar-refractivity contribution in [3.8, 4) is 5.75 Å². The van der Waals surface area contributed by atoms with Crippen LogP contribution >= 0.6 is 0 Å². The highest BCUT2D eigenvalue weighted by Crippen LogP contribution is 2.13. The van der Waals surface area contributed by atoms with Gasteiger partial charge in [-0.1, -0.05) is 6.07 Å². The molecule has 1 unspecified atom stereocenters. The normalized spacial score (nSPS) is 12.5. The Morgan fingerprint density at radius 3 is 2.74 bits per heavy atom. The molecule has 128 valence electrons. The smallest absolute Gasteiger partial charge is 0.243 e. The van der Waals surface area contributed by atoms with Crippen molar-refractivity contribution in [1.29, 1.82) is 0 Å². The summed E-state index contributed by atoms with van der Waals surface area (Å²) in [5, 5.41) is 6.16. The second-order valence-electron chi connectivity index (χ2n) is 5.25. The minimum Gasteiger partial charge on any atom is -0.489 e. The summed E-state index contributed by atoms with van der Waals surface area (Å²) >= 11 is 0. The molecule has 2 N–H and O–H groups in total. The number of carbonyl (C=O) groups is 1. The van der Waals surface area contributed by atoms with Crippen LogP contribution in [-0.2, 0) is 4.79 Å². The molecule has 1 rings (SSSR count). The van der Waals surface area contributed by atoms with Gasteiger partial charge in [-0.25, -0.2) is 9.38 Å². The summed E-state index contributed by atoms with van der Waals surface area (Å²) in [6.07, 6.45) is -0.190. The van der Waals surface area contributed by atoms with Gasteiger partial charge in [-0.2, -0.15) is 0 Å². The minimum atomic E-state index is -0.334. The number of carbonyl (C=O) groups excluding carboxylic acids is 1. The summed E-state index contributed by atoms with van der Waals surface area (Å²) in [6, 6.07) is 6.01. The first-order valence-electron chi connectivity index (χ1n) is 7.57. The van der Waals surface area contributed by atoms with Crippen LogP contribution in [0.15, 0.2) is 29.3 Å². The molecule has 23 heavy (non-hydrogen) atoms. The Balaban J connectivity index is 2.50. The third kappa shape index (κ3) is 7.49. The van der Waals surface area contributed by atoms with E-state index in [1.807, 2.05) is 13.8 Å². The van der Waals surface area contributed by atoms with Gasteiger partial charge in [-0.15, -0.1) is 0 Å². The van der Waals surface area contributed by atoms with Gasteiger partial charge >= 0.3 is 0 Å². The number of rotatable bonds is 7. The maximum atomic E-state index is 13.1. The number of guanidine groups is 1. The molecule has 0 aliphatic heterocycles. The molecule has 0 aliphatic carbocycles. The van der Waals surface area contributed by atoms with Crippen molar-refractivity contribution in [2.75, 3.05) is 33.7 Å². The molecule has 0 bridgehead atoms.